The van der Waals surface area contributed by atoms with E-state index in [9.17, 15) is 48.3 Å². The van der Waals surface area contributed by atoms with Crippen molar-refractivity contribution in [3.63, 3.8) is 0 Å². The maximum Gasteiger partial charge on any atom is 0.200 e. The first-order chi connectivity index (χ1) is 14.5. The lowest BCUT2D eigenvalue weighted by Crippen LogP contribution is -2.12. The Morgan fingerprint density at radius 1 is 0.484 bits per heavy atom. The molecule has 0 spiro atoms. The number of nitrogens with one attached hydrogen (secondary N) is 1. The molecule has 0 aromatic heterocycles. The second-order valence-corrected chi connectivity index (χ2v) is 6.08. The normalized spacial score (nSPS) is 10.8. The van der Waals surface area contributed by atoms with Crippen molar-refractivity contribution in [3.05, 3.63) is 58.2 Å². The summed E-state index contributed by atoms with van der Waals surface area (Å²) < 4.78 is 143. The highest BCUT2D eigenvalue weighted by Gasteiger charge is 2.34. The van der Waals surface area contributed by atoms with Gasteiger partial charge in [-0.2, -0.15) is 0 Å². The fourth-order valence-corrected chi connectivity index (χ4v) is 2.39. The zero-order valence-corrected chi connectivity index (χ0v) is 15.9. The minimum atomic E-state index is -2.68. The first-order valence-corrected chi connectivity index (χ1v) is 8.82. The van der Waals surface area contributed by atoms with Gasteiger partial charge in [0.05, 0.1) is 11.1 Å². The quantitative estimate of drug-likeness (QED) is 0.155. The molecule has 2 aromatic carbocycles. The molecular weight excluding hydrogens is 451 g/mol. The monoisotopic (exact) mass is 467 g/mol. The predicted molar refractivity (Wildman–Crippen MR) is 89.6 cm³/mol. The minimum absolute atomic E-state index is 0.383. The molecule has 0 bridgehead atoms. The highest BCUT2D eigenvalue weighted by Crippen LogP contribution is 2.37. The second-order valence-electron chi connectivity index (χ2n) is 6.08. The summed E-state index contributed by atoms with van der Waals surface area (Å²) >= 11 is 0. The predicted octanol–water partition coefficient (Wildman–Crippen LogP) is 6.83. The van der Waals surface area contributed by atoms with E-state index in [-0.39, 0.29) is 6.80 Å². The van der Waals surface area contributed by atoms with Crippen LogP contribution in [0.1, 0.15) is 32.6 Å². The van der Waals surface area contributed by atoms with Crippen molar-refractivity contribution in [1.82, 2.24) is 5.32 Å². The van der Waals surface area contributed by atoms with Crippen LogP contribution >= 0.6 is 0 Å². The lowest BCUT2D eigenvalue weighted by Gasteiger charge is -2.11. The molecule has 0 fully saturated rings. The van der Waals surface area contributed by atoms with Crippen molar-refractivity contribution < 1.29 is 48.3 Å². The third kappa shape index (κ3) is 5.86. The van der Waals surface area contributed by atoms with E-state index in [1.165, 1.54) is 19.3 Å². The molecule has 0 amide bonds. The Morgan fingerprint density at radius 3 is 1.10 bits per heavy atom. The van der Waals surface area contributed by atoms with Gasteiger partial charge in [0.2, 0.25) is 11.6 Å². The summed E-state index contributed by atoms with van der Waals surface area (Å²) in [5.41, 5.74) is -4.52. The lowest BCUT2D eigenvalue weighted by molar-refractivity contribution is 0.370. The third-order valence-corrected chi connectivity index (χ3v) is 3.97. The number of hydrogen-bond donors (Lipinski definition) is 1. The van der Waals surface area contributed by atoms with Crippen molar-refractivity contribution in [2.24, 2.45) is 0 Å². The first kappa shape index (κ1) is 26.7. The summed E-state index contributed by atoms with van der Waals surface area (Å²) in [6.45, 7) is 2.62. The van der Waals surface area contributed by atoms with E-state index >= 15 is 0 Å². The zero-order valence-electron chi connectivity index (χ0n) is 15.9. The number of benzene rings is 2. The van der Waals surface area contributed by atoms with E-state index in [1.54, 1.807) is 0 Å². The number of rotatable bonds is 7. The molecule has 0 radical (unpaired) electrons. The van der Waals surface area contributed by atoms with E-state index in [0.29, 0.717) is 0 Å². The number of alkyl halides is 1. The molecule has 12 heteroatoms. The van der Waals surface area contributed by atoms with E-state index in [4.69, 9.17) is 0 Å². The Bertz CT molecular complexity index is 783. The van der Waals surface area contributed by atoms with Crippen LogP contribution in [0.3, 0.4) is 0 Å². The zero-order chi connectivity index (χ0) is 23.9. The number of halogens is 11. The van der Waals surface area contributed by atoms with Crippen molar-refractivity contribution >= 4 is 0 Å². The number of unbranched alkanes of at least 4 members (excludes halogenated alkanes) is 3. The van der Waals surface area contributed by atoms with Gasteiger partial charge >= 0.3 is 0 Å². The summed E-state index contributed by atoms with van der Waals surface area (Å²) in [6.07, 6.45) is 4.85. The SMILES string of the molecule is CCCCCCNCF.Fc1c(F)c(F)c(-c2c(F)c(F)c(F)c(F)c2F)c(F)c1F. The molecule has 0 atom stereocenters. The van der Waals surface area contributed by atoms with Crippen LogP contribution in [-0.2, 0) is 0 Å². The first-order valence-electron chi connectivity index (χ1n) is 8.82. The van der Waals surface area contributed by atoms with E-state index in [0.717, 1.165) is 13.0 Å². The lowest BCUT2D eigenvalue weighted by atomic mass is 10.0. The highest BCUT2D eigenvalue weighted by molar-refractivity contribution is 5.67. The average molecular weight is 467 g/mol. The summed E-state index contributed by atoms with van der Waals surface area (Å²) in [7, 11) is 0. The van der Waals surface area contributed by atoms with Gasteiger partial charge in [-0.3, -0.25) is 5.32 Å². The molecule has 0 saturated heterocycles. The maximum atomic E-state index is 13.4. The van der Waals surface area contributed by atoms with Crippen LogP contribution in [0.2, 0.25) is 0 Å². The molecule has 0 aliphatic rings. The van der Waals surface area contributed by atoms with Crippen molar-refractivity contribution in [2.45, 2.75) is 32.6 Å². The van der Waals surface area contributed by atoms with Crippen LogP contribution in [0.25, 0.3) is 11.1 Å². The van der Waals surface area contributed by atoms with Crippen LogP contribution in [0.5, 0.6) is 0 Å². The smallest absolute Gasteiger partial charge is 0.200 e. The molecule has 0 saturated carbocycles. The van der Waals surface area contributed by atoms with E-state index in [2.05, 4.69) is 12.2 Å². The van der Waals surface area contributed by atoms with Crippen LogP contribution in [0, 0.1) is 58.2 Å². The molecular formula is C19H16F11N. The summed E-state index contributed by atoms with van der Waals surface area (Å²) in [6, 6.07) is 0. The topological polar surface area (TPSA) is 12.0 Å². The molecule has 2 rings (SSSR count). The Balaban J connectivity index is 0.000000452. The largest absolute Gasteiger partial charge is 0.290 e. The maximum absolute atomic E-state index is 13.4. The third-order valence-electron chi connectivity index (χ3n) is 3.97. The summed E-state index contributed by atoms with van der Waals surface area (Å²) in [5, 5.41) is 2.64. The van der Waals surface area contributed by atoms with Crippen LogP contribution in [-0.4, -0.2) is 13.3 Å². The molecule has 31 heavy (non-hydrogen) atoms. The van der Waals surface area contributed by atoms with Crippen LogP contribution < -0.4 is 5.32 Å². The summed E-state index contributed by atoms with van der Waals surface area (Å²) in [4.78, 5) is 0. The van der Waals surface area contributed by atoms with Gasteiger partial charge in [-0.25, -0.2) is 48.3 Å². The van der Waals surface area contributed by atoms with Crippen molar-refractivity contribution in [3.8, 4) is 11.1 Å². The molecule has 0 heterocycles. The van der Waals surface area contributed by atoms with Gasteiger partial charge in [0.1, 0.15) is 6.80 Å². The van der Waals surface area contributed by atoms with Gasteiger partial charge < -0.3 is 0 Å². The summed E-state index contributed by atoms with van der Waals surface area (Å²) in [5.74, 6) is -26.6. The van der Waals surface area contributed by atoms with Crippen LogP contribution in [0.4, 0.5) is 48.3 Å². The Hall–Kier alpha value is -2.37. The Morgan fingerprint density at radius 2 is 0.806 bits per heavy atom. The fraction of sp³-hybridized carbons (Fsp3) is 0.368. The molecule has 174 valence electrons. The number of hydrogen-bond acceptors (Lipinski definition) is 1. The standard InChI is InChI=1S/C12F10.C7H16FN/c13-3-1(4(14)8(18)11(21)7(3)17)2-5(15)9(19)12(22)10(20)6(2)16;1-2-3-4-5-6-9-7-8/h;9H,2-7H2,1H3. The molecule has 0 unspecified atom stereocenters. The van der Waals surface area contributed by atoms with Crippen LogP contribution in [0.15, 0.2) is 0 Å². The Kier molecular flexibility index (Phi) is 10.2. The Labute approximate surface area is 169 Å². The van der Waals surface area contributed by atoms with Gasteiger partial charge in [-0.15, -0.1) is 0 Å². The van der Waals surface area contributed by atoms with Gasteiger partial charge in [0, 0.05) is 0 Å². The van der Waals surface area contributed by atoms with E-state index < -0.39 is 69.3 Å². The molecule has 1 N–H and O–H groups in total. The molecule has 2 aromatic rings. The van der Waals surface area contributed by atoms with Crippen molar-refractivity contribution in [1.29, 1.82) is 0 Å². The van der Waals surface area contributed by atoms with E-state index in [1.807, 2.05) is 0 Å². The van der Waals surface area contributed by atoms with Gasteiger partial charge in [0.25, 0.3) is 0 Å². The van der Waals surface area contributed by atoms with Gasteiger partial charge in [-0.05, 0) is 13.0 Å². The average Bonchev–Trinajstić information content (AvgIpc) is 2.76. The molecule has 1 nitrogen and oxygen atoms in total. The molecule has 0 aliphatic heterocycles. The second kappa shape index (κ2) is 11.9. The van der Waals surface area contributed by atoms with Crippen molar-refractivity contribution in [2.75, 3.05) is 13.3 Å². The highest BCUT2D eigenvalue weighted by atomic mass is 19.2. The van der Waals surface area contributed by atoms with Gasteiger partial charge in [0.15, 0.2) is 46.5 Å². The fourth-order valence-electron chi connectivity index (χ4n) is 2.39. The van der Waals surface area contributed by atoms with Gasteiger partial charge in [-0.1, -0.05) is 26.2 Å². The minimum Gasteiger partial charge on any atom is -0.290 e. The molecule has 0 aliphatic carbocycles.